The summed E-state index contributed by atoms with van der Waals surface area (Å²) in [5, 5.41) is 2.56. The lowest BCUT2D eigenvalue weighted by Gasteiger charge is -2.22. The van der Waals surface area contributed by atoms with E-state index >= 15 is 0 Å². The van der Waals surface area contributed by atoms with Crippen LogP contribution >= 0.6 is 0 Å². The molecule has 0 atom stereocenters. The highest BCUT2D eigenvalue weighted by Crippen LogP contribution is 2.19. The van der Waals surface area contributed by atoms with Crippen molar-refractivity contribution in [1.82, 2.24) is 4.90 Å². The molecule has 1 N–H and O–H groups in total. The van der Waals surface area contributed by atoms with Gasteiger partial charge in [-0.2, -0.15) is 8.42 Å². The summed E-state index contributed by atoms with van der Waals surface area (Å²) >= 11 is 0. The number of furan rings is 1. The Morgan fingerprint density at radius 1 is 1.07 bits per heavy atom. The molecule has 3 rings (SSSR count). The van der Waals surface area contributed by atoms with E-state index in [1.165, 1.54) is 48.4 Å². The van der Waals surface area contributed by atoms with Gasteiger partial charge in [-0.25, -0.2) is 9.18 Å². The number of hydrogen-bond donors (Lipinski definition) is 1. The van der Waals surface area contributed by atoms with Crippen molar-refractivity contribution in [3.8, 4) is 5.75 Å². The summed E-state index contributed by atoms with van der Waals surface area (Å²) in [6, 6.07) is 15.2. The molecule has 2 amide bonds. The quantitative estimate of drug-likeness (QED) is 0.534. The van der Waals surface area contributed by atoms with Gasteiger partial charge in [0.05, 0.1) is 24.2 Å². The van der Waals surface area contributed by atoms with Crippen LogP contribution in [0.1, 0.15) is 18.2 Å². The first-order chi connectivity index (χ1) is 14.4. The van der Waals surface area contributed by atoms with Gasteiger partial charge in [0.2, 0.25) is 0 Å². The van der Waals surface area contributed by atoms with E-state index in [-0.39, 0.29) is 30.3 Å². The van der Waals surface area contributed by atoms with Crippen molar-refractivity contribution in [2.75, 3.05) is 11.1 Å². The molecule has 0 aliphatic carbocycles. The van der Waals surface area contributed by atoms with E-state index in [1.807, 2.05) is 0 Å². The van der Waals surface area contributed by atoms with Gasteiger partial charge in [0, 0.05) is 6.54 Å². The van der Waals surface area contributed by atoms with E-state index in [1.54, 1.807) is 30.3 Å². The lowest BCUT2D eigenvalue weighted by molar-refractivity contribution is 0.201. The van der Waals surface area contributed by atoms with Crippen molar-refractivity contribution in [3.63, 3.8) is 0 Å². The fraction of sp³-hybridized carbons (Fsp3) is 0.190. The van der Waals surface area contributed by atoms with Crippen LogP contribution in [0.5, 0.6) is 5.75 Å². The normalized spacial score (nSPS) is 11.1. The fourth-order valence-corrected chi connectivity index (χ4v) is 3.15. The number of benzene rings is 2. The van der Waals surface area contributed by atoms with Crippen LogP contribution in [-0.2, 0) is 23.2 Å². The Labute approximate surface area is 174 Å². The summed E-state index contributed by atoms with van der Waals surface area (Å²) in [6.07, 6.45) is 1.50. The minimum Gasteiger partial charge on any atom is -0.467 e. The molecule has 0 unspecified atom stereocenters. The SMILES string of the molecule is CCS(=O)(=O)Oc1ccc(CN(Cc2ccco2)C(=O)Nc2ccccc2F)cc1. The number of carbonyl (C=O) groups is 1. The maximum atomic E-state index is 13.9. The van der Waals surface area contributed by atoms with Crippen molar-refractivity contribution in [2.45, 2.75) is 20.0 Å². The summed E-state index contributed by atoms with van der Waals surface area (Å²) in [6.45, 7) is 1.84. The Hall–Kier alpha value is -3.33. The standard InChI is InChI=1S/C21H21FN2O5S/c1-2-30(26,27)29-17-11-9-16(10-12-17)14-24(15-18-6-5-13-28-18)21(25)23-20-8-4-3-7-19(20)22/h3-13H,2,14-15H2,1H3,(H,23,25). The average molecular weight is 432 g/mol. The number of para-hydroxylation sites is 1. The van der Waals surface area contributed by atoms with Gasteiger partial charge >= 0.3 is 16.1 Å². The first kappa shape index (κ1) is 21.4. The van der Waals surface area contributed by atoms with Gasteiger partial charge in [-0.3, -0.25) is 0 Å². The number of hydrogen-bond acceptors (Lipinski definition) is 5. The molecule has 1 aromatic heterocycles. The zero-order valence-electron chi connectivity index (χ0n) is 16.2. The van der Waals surface area contributed by atoms with Crippen molar-refractivity contribution < 1.29 is 26.2 Å². The maximum absolute atomic E-state index is 13.9. The van der Waals surface area contributed by atoms with Gasteiger partial charge < -0.3 is 18.8 Å². The van der Waals surface area contributed by atoms with Crippen LogP contribution in [0.4, 0.5) is 14.9 Å². The van der Waals surface area contributed by atoms with Crippen molar-refractivity contribution in [2.24, 2.45) is 0 Å². The topological polar surface area (TPSA) is 88.9 Å². The Balaban J connectivity index is 1.75. The summed E-state index contributed by atoms with van der Waals surface area (Å²) < 4.78 is 47.4. The molecule has 1 heterocycles. The minimum absolute atomic E-state index is 0.0699. The Kier molecular flexibility index (Phi) is 6.73. The second kappa shape index (κ2) is 9.45. The van der Waals surface area contributed by atoms with Crippen LogP contribution in [0.3, 0.4) is 0 Å². The summed E-state index contributed by atoms with van der Waals surface area (Å²) in [7, 11) is -3.62. The molecule has 158 valence electrons. The molecule has 0 fully saturated rings. The molecule has 9 heteroatoms. The number of halogens is 1. The molecule has 0 aliphatic heterocycles. The summed E-state index contributed by atoms with van der Waals surface area (Å²) in [5.41, 5.74) is 0.798. The van der Waals surface area contributed by atoms with Crippen molar-refractivity contribution in [3.05, 3.63) is 84.1 Å². The lowest BCUT2D eigenvalue weighted by atomic mass is 10.2. The van der Waals surface area contributed by atoms with Gasteiger partial charge in [-0.1, -0.05) is 24.3 Å². The molecule has 30 heavy (non-hydrogen) atoms. The third-order valence-electron chi connectivity index (χ3n) is 4.20. The van der Waals surface area contributed by atoms with E-state index in [4.69, 9.17) is 8.60 Å². The van der Waals surface area contributed by atoms with Gasteiger partial charge in [0.15, 0.2) is 0 Å². The molecular weight excluding hydrogens is 411 g/mol. The van der Waals surface area contributed by atoms with Crippen LogP contribution in [0, 0.1) is 5.82 Å². The van der Waals surface area contributed by atoms with Crippen molar-refractivity contribution in [1.29, 1.82) is 0 Å². The predicted octanol–water partition coefficient (Wildman–Crippen LogP) is 4.38. The van der Waals surface area contributed by atoms with Crippen LogP contribution in [0.2, 0.25) is 0 Å². The molecule has 0 radical (unpaired) electrons. The summed E-state index contributed by atoms with van der Waals surface area (Å²) in [5.74, 6) is 0.0751. The summed E-state index contributed by atoms with van der Waals surface area (Å²) in [4.78, 5) is 14.2. The largest absolute Gasteiger partial charge is 0.467 e. The number of carbonyl (C=O) groups excluding carboxylic acids is 1. The molecule has 0 aliphatic rings. The fourth-order valence-electron chi connectivity index (χ4n) is 2.62. The van der Waals surface area contributed by atoms with Gasteiger partial charge in [-0.05, 0) is 48.9 Å². The number of amides is 2. The number of nitrogens with one attached hydrogen (secondary N) is 1. The van der Waals surface area contributed by atoms with Gasteiger partial charge in [0.1, 0.15) is 17.3 Å². The lowest BCUT2D eigenvalue weighted by Crippen LogP contribution is -2.34. The number of nitrogens with zero attached hydrogens (tertiary/aromatic N) is 1. The van der Waals surface area contributed by atoms with Gasteiger partial charge in [0.25, 0.3) is 0 Å². The first-order valence-corrected chi connectivity index (χ1v) is 10.8. The van der Waals surface area contributed by atoms with E-state index in [0.29, 0.717) is 5.76 Å². The smallest absolute Gasteiger partial charge is 0.322 e. The molecule has 0 spiro atoms. The van der Waals surface area contributed by atoms with E-state index in [0.717, 1.165) is 5.56 Å². The Morgan fingerprint density at radius 2 is 1.80 bits per heavy atom. The second-order valence-corrected chi connectivity index (χ2v) is 8.28. The number of rotatable bonds is 8. The van der Waals surface area contributed by atoms with Crippen LogP contribution in [-0.4, -0.2) is 25.1 Å². The highest BCUT2D eigenvalue weighted by Gasteiger charge is 2.18. The zero-order valence-corrected chi connectivity index (χ0v) is 17.1. The first-order valence-electron chi connectivity index (χ1n) is 9.20. The average Bonchev–Trinajstić information content (AvgIpc) is 3.23. The molecule has 7 nitrogen and oxygen atoms in total. The molecule has 0 saturated carbocycles. The Bertz CT molecular complexity index is 1080. The third kappa shape index (κ3) is 5.84. The highest BCUT2D eigenvalue weighted by atomic mass is 32.2. The Morgan fingerprint density at radius 3 is 2.43 bits per heavy atom. The van der Waals surface area contributed by atoms with Gasteiger partial charge in [-0.15, -0.1) is 0 Å². The van der Waals surface area contributed by atoms with E-state index < -0.39 is 22.0 Å². The predicted molar refractivity (Wildman–Crippen MR) is 110 cm³/mol. The van der Waals surface area contributed by atoms with Crippen molar-refractivity contribution >= 4 is 21.8 Å². The highest BCUT2D eigenvalue weighted by molar-refractivity contribution is 7.87. The van der Waals surface area contributed by atoms with E-state index in [9.17, 15) is 17.6 Å². The third-order valence-corrected chi connectivity index (χ3v) is 5.36. The monoisotopic (exact) mass is 432 g/mol. The van der Waals surface area contributed by atoms with Crippen LogP contribution < -0.4 is 9.50 Å². The zero-order chi connectivity index (χ0) is 21.6. The molecule has 2 aromatic carbocycles. The number of urea groups is 1. The maximum Gasteiger partial charge on any atom is 0.322 e. The number of anilines is 1. The molecule has 0 bridgehead atoms. The molecular formula is C21H21FN2O5S. The minimum atomic E-state index is -3.62. The van der Waals surface area contributed by atoms with Crippen LogP contribution in [0.25, 0.3) is 0 Å². The van der Waals surface area contributed by atoms with E-state index in [2.05, 4.69) is 5.32 Å². The van der Waals surface area contributed by atoms with Crippen LogP contribution in [0.15, 0.2) is 71.3 Å². The second-order valence-electron chi connectivity index (χ2n) is 6.42. The molecule has 0 saturated heterocycles. The molecule has 3 aromatic rings.